The number of nitrogens with one attached hydrogen (secondary N) is 2. The van der Waals surface area contributed by atoms with Crippen LogP contribution in [0.3, 0.4) is 0 Å². The minimum Gasteiger partial charge on any atom is -0.355 e. The van der Waals surface area contributed by atoms with Gasteiger partial charge in [-0.1, -0.05) is 26.0 Å². The Labute approximate surface area is 133 Å². The summed E-state index contributed by atoms with van der Waals surface area (Å²) in [6.07, 6.45) is 0. The molecule has 0 radical (unpaired) electrons. The normalized spacial score (nSPS) is 10.9. The molecule has 0 aromatic heterocycles. The molecule has 1 aromatic rings. The summed E-state index contributed by atoms with van der Waals surface area (Å²) in [5, 5.41) is 5.73. The lowest BCUT2D eigenvalue weighted by atomic mass is 10.1. The van der Waals surface area contributed by atoms with Gasteiger partial charge in [-0.25, -0.2) is 0 Å². The number of hydrogen-bond donors (Lipinski definition) is 2. The van der Waals surface area contributed by atoms with E-state index in [9.17, 15) is 9.59 Å². The topological polar surface area (TPSA) is 61.4 Å². The maximum absolute atomic E-state index is 12.0. The Balaban J connectivity index is 2.44. The van der Waals surface area contributed by atoms with Crippen LogP contribution in [0.25, 0.3) is 0 Å². The quantitative estimate of drug-likeness (QED) is 0.809. The van der Waals surface area contributed by atoms with Crippen molar-refractivity contribution in [3.05, 3.63) is 29.3 Å². The molecule has 0 atom stereocenters. The number of rotatable bonds is 7. The number of aryl methyl sites for hydroxylation is 1. The molecule has 0 saturated heterocycles. The predicted octanol–water partition coefficient (Wildman–Crippen LogP) is 1.95. The lowest BCUT2D eigenvalue weighted by Crippen LogP contribution is -2.40. The van der Waals surface area contributed by atoms with E-state index in [2.05, 4.69) is 10.6 Å². The number of hydrogen-bond acceptors (Lipinski definition) is 3. The van der Waals surface area contributed by atoms with Crippen LogP contribution in [0.2, 0.25) is 0 Å². The zero-order chi connectivity index (χ0) is 16.7. The van der Waals surface area contributed by atoms with Crippen LogP contribution < -0.4 is 10.6 Å². The summed E-state index contributed by atoms with van der Waals surface area (Å²) < 4.78 is 0. The first-order valence-corrected chi connectivity index (χ1v) is 7.61. The van der Waals surface area contributed by atoms with Crippen LogP contribution in [0.5, 0.6) is 0 Å². The highest BCUT2D eigenvalue weighted by Crippen LogP contribution is 2.17. The summed E-state index contributed by atoms with van der Waals surface area (Å²) >= 11 is 0. The molecule has 1 aromatic carbocycles. The van der Waals surface area contributed by atoms with Crippen molar-refractivity contribution < 1.29 is 9.59 Å². The Bertz CT molecular complexity index is 527. The fraction of sp³-hybridized carbons (Fsp3) is 0.529. The minimum absolute atomic E-state index is 0.0595. The van der Waals surface area contributed by atoms with E-state index in [4.69, 9.17) is 0 Å². The van der Waals surface area contributed by atoms with E-state index in [1.165, 1.54) is 0 Å². The van der Waals surface area contributed by atoms with Gasteiger partial charge in [0.05, 0.1) is 13.1 Å². The molecule has 0 unspecified atom stereocenters. The zero-order valence-corrected chi connectivity index (χ0v) is 14.2. The van der Waals surface area contributed by atoms with E-state index in [0.717, 1.165) is 16.8 Å². The average Bonchev–Trinajstić information content (AvgIpc) is 2.41. The van der Waals surface area contributed by atoms with E-state index in [0.29, 0.717) is 12.5 Å². The molecule has 0 saturated carbocycles. The molecule has 0 fully saturated rings. The van der Waals surface area contributed by atoms with Crippen molar-refractivity contribution in [2.45, 2.75) is 27.7 Å². The van der Waals surface area contributed by atoms with Crippen LogP contribution in [0, 0.1) is 19.8 Å². The molecule has 1 rings (SSSR count). The minimum atomic E-state index is -0.118. The molecule has 0 heterocycles. The number of benzene rings is 1. The Morgan fingerprint density at radius 2 is 1.77 bits per heavy atom. The second kappa shape index (κ2) is 8.54. The van der Waals surface area contributed by atoms with Gasteiger partial charge in [0.15, 0.2) is 0 Å². The van der Waals surface area contributed by atoms with Gasteiger partial charge in [0.2, 0.25) is 11.8 Å². The van der Waals surface area contributed by atoms with Crippen molar-refractivity contribution in [3.8, 4) is 0 Å². The van der Waals surface area contributed by atoms with E-state index in [1.807, 2.05) is 45.9 Å². The molecule has 5 nitrogen and oxygen atoms in total. The van der Waals surface area contributed by atoms with Crippen LogP contribution in [-0.2, 0) is 9.59 Å². The molecule has 2 N–H and O–H groups in total. The Hall–Kier alpha value is -1.88. The van der Waals surface area contributed by atoms with Gasteiger partial charge in [0.25, 0.3) is 0 Å². The average molecular weight is 305 g/mol. The first-order valence-electron chi connectivity index (χ1n) is 7.61. The fourth-order valence-corrected chi connectivity index (χ4v) is 2.00. The van der Waals surface area contributed by atoms with Gasteiger partial charge in [-0.05, 0) is 44.0 Å². The van der Waals surface area contributed by atoms with Crippen LogP contribution in [0.15, 0.2) is 18.2 Å². The highest BCUT2D eigenvalue weighted by molar-refractivity contribution is 5.93. The molecule has 22 heavy (non-hydrogen) atoms. The maximum atomic E-state index is 12.0. The molecule has 0 spiro atoms. The van der Waals surface area contributed by atoms with Gasteiger partial charge in [0, 0.05) is 12.2 Å². The first-order chi connectivity index (χ1) is 10.3. The third-order valence-corrected chi connectivity index (χ3v) is 3.41. The van der Waals surface area contributed by atoms with Gasteiger partial charge in [0.1, 0.15) is 0 Å². The first kappa shape index (κ1) is 18.2. The molecule has 0 bridgehead atoms. The summed E-state index contributed by atoms with van der Waals surface area (Å²) in [6.45, 7) is 9.13. The zero-order valence-electron chi connectivity index (χ0n) is 14.2. The number of carbonyl (C=O) groups excluding carboxylic acids is 2. The van der Waals surface area contributed by atoms with Gasteiger partial charge in [-0.2, -0.15) is 0 Å². The standard InChI is InChI=1S/C17H27N3O2/c1-12(2)9-18-16(21)10-20(5)11-17(22)19-15-8-6-7-13(3)14(15)4/h6-8,12H,9-11H2,1-5H3,(H,18,21)(H,19,22). The SMILES string of the molecule is Cc1cccc(NC(=O)CN(C)CC(=O)NCC(C)C)c1C. The number of anilines is 1. The summed E-state index contributed by atoms with van der Waals surface area (Å²) in [7, 11) is 1.76. The number of amides is 2. The molecule has 2 amide bonds. The summed E-state index contributed by atoms with van der Waals surface area (Å²) in [6, 6.07) is 5.81. The third kappa shape index (κ3) is 6.26. The number of carbonyl (C=O) groups is 2. The fourth-order valence-electron chi connectivity index (χ4n) is 2.00. The second-order valence-electron chi connectivity index (χ2n) is 6.17. The second-order valence-corrected chi connectivity index (χ2v) is 6.17. The lowest BCUT2D eigenvalue weighted by molar-refractivity contribution is -0.123. The van der Waals surface area contributed by atoms with Crippen molar-refractivity contribution in [2.24, 2.45) is 5.92 Å². The molecular weight excluding hydrogens is 278 g/mol. The smallest absolute Gasteiger partial charge is 0.238 e. The number of nitrogens with zero attached hydrogens (tertiary/aromatic N) is 1. The van der Waals surface area contributed by atoms with E-state index < -0.39 is 0 Å². The highest BCUT2D eigenvalue weighted by atomic mass is 16.2. The van der Waals surface area contributed by atoms with E-state index in [1.54, 1.807) is 11.9 Å². The molecule has 122 valence electrons. The lowest BCUT2D eigenvalue weighted by Gasteiger charge is -2.17. The molecule has 0 aliphatic carbocycles. The molecular formula is C17H27N3O2. The maximum Gasteiger partial charge on any atom is 0.238 e. The molecule has 0 aliphatic rings. The third-order valence-electron chi connectivity index (χ3n) is 3.41. The van der Waals surface area contributed by atoms with Crippen molar-refractivity contribution >= 4 is 17.5 Å². The number of likely N-dealkylation sites (N-methyl/N-ethyl adjacent to an activating group) is 1. The van der Waals surface area contributed by atoms with Gasteiger partial charge in [-0.15, -0.1) is 0 Å². The van der Waals surface area contributed by atoms with Gasteiger partial charge in [-0.3, -0.25) is 14.5 Å². The van der Waals surface area contributed by atoms with Crippen molar-refractivity contribution in [3.63, 3.8) is 0 Å². The van der Waals surface area contributed by atoms with Crippen molar-refractivity contribution in [1.82, 2.24) is 10.2 Å². The van der Waals surface area contributed by atoms with Crippen LogP contribution in [0.4, 0.5) is 5.69 Å². The van der Waals surface area contributed by atoms with Crippen molar-refractivity contribution in [1.29, 1.82) is 0 Å². The largest absolute Gasteiger partial charge is 0.355 e. The Morgan fingerprint density at radius 1 is 1.14 bits per heavy atom. The van der Waals surface area contributed by atoms with Gasteiger partial charge >= 0.3 is 0 Å². The van der Waals surface area contributed by atoms with Crippen LogP contribution >= 0.6 is 0 Å². The molecule has 0 aliphatic heterocycles. The Morgan fingerprint density at radius 3 is 2.41 bits per heavy atom. The van der Waals surface area contributed by atoms with Crippen LogP contribution in [-0.4, -0.2) is 43.4 Å². The van der Waals surface area contributed by atoms with Crippen molar-refractivity contribution in [2.75, 3.05) is 32.0 Å². The monoisotopic (exact) mass is 305 g/mol. The van der Waals surface area contributed by atoms with E-state index >= 15 is 0 Å². The summed E-state index contributed by atoms with van der Waals surface area (Å²) in [4.78, 5) is 25.5. The summed E-state index contributed by atoms with van der Waals surface area (Å²) in [5.41, 5.74) is 3.02. The highest BCUT2D eigenvalue weighted by Gasteiger charge is 2.12. The van der Waals surface area contributed by atoms with E-state index in [-0.39, 0.29) is 24.9 Å². The Kier molecular flexibility index (Phi) is 7.05. The van der Waals surface area contributed by atoms with Crippen LogP contribution in [0.1, 0.15) is 25.0 Å². The summed E-state index contributed by atoms with van der Waals surface area (Å²) in [5.74, 6) is 0.241. The molecule has 5 heteroatoms. The van der Waals surface area contributed by atoms with Gasteiger partial charge < -0.3 is 10.6 Å². The predicted molar refractivity (Wildman–Crippen MR) is 89.9 cm³/mol.